The first kappa shape index (κ1) is 10.1. The highest BCUT2D eigenvalue weighted by atomic mass is 32.2. The predicted molar refractivity (Wildman–Crippen MR) is 57.9 cm³/mol. The van der Waals surface area contributed by atoms with Gasteiger partial charge in [-0.2, -0.15) is 17.0 Å². The molecule has 2 heteroatoms. The Kier molecular flexibility index (Phi) is 4.42. The SMILES string of the molecule is CSCCCc1cccc(C#N)c1. The second kappa shape index (κ2) is 5.66. The number of benzene rings is 1. The largest absolute Gasteiger partial charge is 0.192 e. The zero-order valence-corrected chi connectivity index (χ0v) is 8.60. The molecule has 1 rings (SSSR count). The number of aryl methyl sites for hydroxylation is 1. The summed E-state index contributed by atoms with van der Waals surface area (Å²) < 4.78 is 0. The molecule has 0 fully saturated rings. The average Bonchev–Trinajstić information content (AvgIpc) is 2.19. The van der Waals surface area contributed by atoms with Gasteiger partial charge < -0.3 is 0 Å². The summed E-state index contributed by atoms with van der Waals surface area (Å²) in [5.41, 5.74) is 2.04. The molecule has 1 aromatic carbocycles. The summed E-state index contributed by atoms with van der Waals surface area (Å²) in [4.78, 5) is 0. The van der Waals surface area contributed by atoms with Crippen LogP contribution in [0.4, 0.5) is 0 Å². The van der Waals surface area contributed by atoms with Gasteiger partial charge in [0.25, 0.3) is 0 Å². The summed E-state index contributed by atoms with van der Waals surface area (Å²) in [5.74, 6) is 1.19. The zero-order chi connectivity index (χ0) is 9.52. The molecule has 0 aliphatic rings. The van der Waals surface area contributed by atoms with Gasteiger partial charge in [0, 0.05) is 0 Å². The maximum absolute atomic E-state index is 8.68. The first-order valence-electron chi connectivity index (χ1n) is 4.35. The molecule has 0 spiro atoms. The van der Waals surface area contributed by atoms with Crippen molar-refractivity contribution < 1.29 is 0 Å². The molecule has 0 N–H and O–H groups in total. The van der Waals surface area contributed by atoms with Crippen LogP contribution in [-0.2, 0) is 6.42 Å². The average molecular weight is 191 g/mol. The monoisotopic (exact) mass is 191 g/mol. The molecule has 0 heterocycles. The molecule has 0 amide bonds. The lowest BCUT2D eigenvalue weighted by Crippen LogP contribution is -1.88. The summed E-state index contributed by atoms with van der Waals surface area (Å²) >= 11 is 1.87. The van der Waals surface area contributed by atoms with E-state index in [0.29, 0.717) is 0 Å². The van der Waals surface area contributed by atoms with Crippen molar-refractivity contribution in [3.63, 3.8) is 0 Å². The minimum absolute atomic E-state index is 0.765. The van der Waals surface area contributed by atoms with Gasteiger partial charge in [-0.1, -0.05) is 12.1 Å². The van der Waals surface area contributed by atoms with Crippen molar-refractivity contribution in [1.29, 1.82) is 5.26 Å². The van der Waals surface area contributed by atoms with Gasteiger partial charge in [-0.25, -0.2) is 0 Å². The Bertz CT molecular complexity index is 301. The lowest BCUT2D eigenvalue weighted by atomic mass is 10.1. The van der Waals surface area contributed by atoms with Gasteiger partial charge in [-0.05, 0) is 42.5 Å². The molecule has 0 radical (unpaired) electrons. The van der Waals surface area contributed by atoms with Crippen LogP contribution >= 0.6 is 11.8 Å². The molecular weight excluding hydrogens is 178 g/mol. The first-order valence-corrected chi connectivity index (χ1v) is 5.74. The molecule has 0 saturated carbocycles. The highest BCUT2D eigenvalue weighted by Crippen LogP contribution is 2.08. The fraction of sp³-hybridized carbons (Fsp3) is 0.364. The molecule has 1 aromatic rings. The van der Waals surface area contributed by atoms with Gasteiger partial charge >= 0.3 is 0 Å². The summed E-state index contributed by atoms with van der Waals surface area (Å²) in [7, 11) is 0. The molecular formula is C11H13NS. The third-order valence-electron chi connectivity index (χ3n) is 1.87. The van der Waals surface area contributed by atoms with Crippen LogP contribution in [0.15, 0.2) is 24.3 Å². The topological polar surface area (TPSA) is 23.8 Å². The minimum Gasteiger partial charge on any atom is -0.192 e. The highest BCUT2D eigenvalue weighted by molar-refractivity contribution is 7.98. The van der Waals surface area contributed by atoms with Gasteiger partial charge in [-0.15, -0.1) is 0 Å². The van der Waals surface area contributed by atoms with E-state index in [1.165, 1.54) is 17.7 Å². The van der Waals surface area contributed by atoms with E-state index in [9.17, 15) is 0 Å². The number of thioether (sulfide) groups is 1. The summed E-state index contributed by atoms with van der Waals surface area (Å²) in [6.45, 7) is 0. The summed E-state index contributed by atoms with van der Waals surface area (Å²) in [6, 6.07) is 10.0. The normalized spacial score (nSPS) is 9.54. The Morgan fingerprint density at radius 1 is 1.46 bits per heavy atom. The van der Waals surface area contributed by atoms with E-state index in [1.807, 2.05) is 30.0 Å². The third-order valence-corrected chi connectivity index (χ3v) is 2.57. The molecule has 0 unspecified atom stereocenters. The van der Waals surface area contributed by atoms with Crippen LogP contribution in [-0.4, -0.2) is 12.0 Å². The van der Waals surface area contributed by atoms with Gasteiger partial charge in [0.05, 0.1) is 11.6 Å². The third kappa shape index (κ3) is 3.52. The van der Waals surface area contributed by atoms with Crippen molar-refractivity contribution in [3.8, 4) is 6.07 Å². The summed E-state index contributed by atoms with van der Waals surface area (Å²) in [5, 5.41) is 8.68. The van der Waals surface area contributed by atoms with E-state index in [4.69, 9.17) is 5.26 Å². The van der Waals surface area contributed by atoms with Crippen LogP contribution < -0.4 is 0 Å². The Balaban J connectivity index is 2.52. The smallest absolute Gasteiger partial charge is 0.0991 e. The molecule has 0 aromatic heterocycles. The molecule has 0 aliphatic carbocycles. The molecule has 0 saturated heterocycles. The lowest BCUT2D eigenvalue weighted by molar-refractivity contribution is 0.934. The van der Waals surface area contributed by atoms with Crippen LogP contribution in [0.25, 0.3) is 0 Å². The van der Waals surface area contributed by atoms with Crippen molar-refractivity contribution in [1.82, 2.24) is 0 Å². The Morgan fingerprint density at radius 2 is 2.31 bits per heavy atom. The van der Waals surface area contributed by atoms with E-state index in [1.54, 1.807) is 0 Å². The van der Waals surface area contributed by atoms with Crippen molar-refractivity contribution in [3.05, 3.63) is 35.4 Å². The van der Waals surface area contributed by atoms with Crippen LogP contribution in [0.1, 0.15) is 17.5 Å². The second-order valence-corrected chi connectivity index (χ2v) is 3.89. The Labute approximate surface area is 83.8 Å². The maximum atomic E-state index is 8.68. The van der Waals surface area contributed by atoms with Gasteiger partial charge in [0.15, 0.2) is 0 Å². The van der Waals surface area contributed by atoms with Gasteiger partial charge in [-0.3, -0.25) is 0 Å². The number of nitrogens with zero attached hydrogens (tertiary/aromatic N) is 1. The second-order valence-electron chi connectivity index (χ2n) is 2.91. The fourth-order valence-electron chi connectivity index (χ4n) is 1.22. The molecule has 0 atom stereocenters. The fourth-order valence-corrected chi connectivity index (χ4v) is 1.65. The van der Waals surface area contributed by atoms with Gasteiger partial charge in [0.1, 0.15) is 0 Å². The first-order chi connectivity index (χ1) is 6.36. The molecule has 13 heavy (non-hydrogen) atoms. The van der Waals surface area contributed by atoms with E-state index in [0.717, 1.165) is 12.0 Å². The van der Waals surface area contributed by atoms with Crippen LogP contribution in [0.5, 0.6) is 0 Å². The lowest BCUT2D eigenvalue weighted by Gasteiger charge is -1.99. The van der Waals surface area contributed by atoms with Crippen molar-refractivity contribution in [2.24, 2.45) is 0 Å². The van der Waals surface area contributed by atoms with E-state index in [-0.39, 0.29) is 0 Å². The van der Waals surface area contributed by atoms with E-state index in [2.05, 4.69) is 18.4 Å². The number of hydrogen-bond donors (Lipinski definition) is 0. The standard InChI is InChI=1S/C11H13NS/c1-13-7-3-6-10-4-2-5-11(8-10)9-12/h2,4-5,8H,3,6-7H2,1H3. The van der Waals surface area contributed by atoms with Gasteiger partial charge in [0.2, 0.25) is 0 Å². The Morgan fingerprint density at radius 3 is 3.00 bits per heavy atom. The number of nitriles is 1. The number of hydrogen-bond acceptors (Lipinski definition) is 2. The van der Waals surface area contributed by atoms with Crippen molar-refractivity contribution in [2.75, 3.05) is 12.0 Å². The highest BCUT2D eigenvalue weighted by Gasteiger charge is 1.94. The predicted octanol–water partition coefficient (Wildman–Crippen LogP) is 2.85. The maximum Gasteiger partial charge on any atom is 0.0991 e. The van der Waals surface area contributed by atoms with Crippen LogP contribution in [0.2, 0.25) is 0 Å². The number of rotatable bonds is 4. The van der Waals surface area contributed by atoms with Crippen LogP contribution in [0.3, 0.4) is 0 Å². The quantitative estimate of drug-likeness (QED) is 0.683. The summed E-state index contributed by atoms with van der Waals surface area (Å²) in [6.07, 6.45) is 4.39. The molecule has 0 aliphatic heterocycles. The molecule has 0 bridgehead atoms. The van der Waals surface area contributed by atoms with Crippen molar-refractivity contribution in [2.45, 2.75) is 12.8 Å². The minimum atomic E-state index is 0.765. The Hall–Kier alpha value is -0.940. The van der Waals surface area contributed by atoms with E-state index < -0.39 is 0 Å². The van der Waals surface area contributed by atoms with Crippen LogP contribution in [0, 0.1) is 11.3 Å². The van der Waals surface area contributed by atoms with E-state index >= 15 is 0 Å². The van der Waals surface area contributed by atoms with Crippen molar-refractivity contribution >= 4 is 11.8 Å². The molecule has 68 valence electrons. The molecule has 1 nitrogen and oxygen atoms in total. The zero-order valence-electron chi connectivity index (χ0n) is 7.79.